The van der Waals surface area contributed by atoms with Crippen molar-refractivity contribution in [1.29, 1.82) is 0 Å². The number of carbonyl (C=O) groups excluding carboxylic acids is 2. The van der Waals surface area contributed by atoms with E-state index in [9.17, 15) is 19.7 Å². The van der Waals surface area contributed by atoms with Crippen LogP contribution >= 0.6 is 0 Å². The zero-order chi connectivity index (χ0) is 18.6. The van der Waals surface area contributed by atoms with E-state index < -0.39 is 16.2 Å². The van der Waals surface area contributed by atoms with Crippen LogP contribution < -0.4 is 4.74 Å². The minimum atomic E-state index is -0.663. The van der Waals surface area contributed by atoms with Crippen LogP contribution in [0.3, 0.4) is 0 Å². The van der Waals surface area contributed by atoms with Gasteiger partial charge < -0.3 is 9.64 Å². The molecule has 1 amide bonds. The number of nitro benzene ring substituents is 1. The van der Waals surface area contributed by atoms with Gasteiger partial charge in [-0.05, 0) is 31.4 Å². The number of nitrogens with zero attached hydrogens (tertiary/aromatic N) is 2. The van der Waals surface area contributed by atoms with E-state index in [4.69, 9.17) is 4.74 Å². The maximum absolute atomic E-state index is 12.5. The Morgan fingerprint density at radius 3 is 2.52 bits per heavy atom. The second kappa shape index (κ2) is 7.63. The highest BCUT2D eigenvalue weighted by Crippen LogP contribution is 2.26. The average molecular weight is 348 g/mol. The molecule has 2 rings (SSSR count). The van der Waals surface area contributed by atoms with Crippen LogP contribution in [0.4, 0.5) is 5.69 Å². The third-order valence-electron chi connectivity index (χ3n) is 4.82. The summed E-state index contributed by atoms with van der Waals surface area (Å²) in [4.78, 5) is 36.7. The molecule has 1 aliphatic rings. The number of carbonyl (C=O) groups is 2. The van der Waals surface area contributed by atoms with Crippen LogP contribution in [0, 0.1) is 15.5 Å². The highest BCUT2D eigenvalue weighted by molar-refractivity contribution is 6.38. The van der Waals surface area contributed by atoms with Crippen molar-refractivity contribution < 1.29 is 19.2 Å². The van der Waals surface area contributed by atoms with Gasteiger partial charge in [-0.15, -0.1) is 0 Å². The largest absolute Gasteiger partial charge is 0.491 e. The monoisotopic (exact) mass is 348 g/mol. The third-order valence-corrected chi connectivity index (χ3v) is 4.82. The van der Waals surface area contributed by atoms with Crippen LogP contribution in [0.25, 0.3) is 0 Å². The highest BCUT2D eigenvalue weighted by Gasteiger charge is 2.38. The zero-order valence-electron chi connectivity index (χ0n) is 14.9. The van der Waals surface area contributed by atoms with Crippen LogP contribution in [-0.4, -0.2) is 40.7 Å². The zero-order valence-corrected chi connectivity index (χ0v) is 14.9. The Morgan fingerprint density at radius 2 is 1.96 bits per heavy atom. The van der Waals surface area contributed by atoms with Gasteiger partial charge in [-0.1, -0.05) is 20.8 Å². The maximum Gasteiger partial charge on any atom is 0.290 e. The summed E-state index contributed by atoms with van der Waals surface area (Å²) in [6, 6.07) is 5.66. The molecule has 7 heteroatoms. The molecule has 1 saturated heterocycles. The molecular formula is C18H24N2O5. The minimum Gasteiger partial charge on any atom is -0.491 e. The van der Waals surface area contributed by atoms with Crippen LogP contribution in [-0.2, 0) is 9.59 Å². The molecule has 25 heavy (non-hydrogen) atoms. The smallest absolute Gasteiger partial charge is 0.290 e. The lowest BCUT2D eigenvalue weighted by Crippen LogP contribution is -2.46. The number of ether oxygens (including phenoxy) is 1. The summed E-state index contributed by atoms with van der Waals surface area (Å²) in [6.07, 6.45) is 2.22. The molecule has 1 unspecified atom stereocenters. The molecule has 0 bridgehead atoms. The first-order valence-corrected chi connectivity index (χ1v) is 8.49. The van der Waals surface area contributed by atoms with E-state index in [0.717, 1.165) is 12.8 Å². The Kier molecular flexibility index (Phi) is 5.77. The van der Waals surface area contributed by atoms with Crippen molar-refractivity contribution in [2.24, 2.45) is 5.41 Å². The first kappa shape index (κ1) is 18.9. The van der Waals surface area contributed by atoms with Crippen molar-refractivity contribution in [3.63, 3.8) is 0 Å². The SMILES string of the molecule is CCC(C)(C)C(=O)C(=O)N1CCCC1COc1ccc([N+](=O)[O-])cc1. The van der Waals surface area contributed by atoms with Crippen molar-refractivity contribution in [3.8, 4) is 5.75 Å². The van der Waals surface area contributed by atoms with Gasteiger partial charge in [-0.2, -0.15) is 0 Å². The van der Waals surface area contributed by atoms with Gasteiger partial charge in [-0.3, -0.25) is 19.7 Å². The Morgan fingerprint density at radius 1 is 1.32 bits per heavy atom. The number of hydrogen-bond donors (Lipinski definition) is 0. The second-order valence-corrected chi connectivity index (χ2v) is 6.92. The summed E-state index contributed by atoms with van der Waals surface area (Å²) in [5.41, 5.74) is -0.666. The Labute approximate surface area is 147 Å². The Hall–Kier alpha value is -2.44. The molecule has 1 aromatic rings. The normalized spacial score (nSPS) is 17.4. The van der Waals surface area contributed by atoms with Crippen LogP contribution in [0.5, 0.6) is 5.75 Å². The van der Waals surface area contributed by atoms with Gasteiger partial charge in [-0.25, -0.2) is 0 Å². The molecule has 0 radical (unpaired) electrons. The molecule has 7 nitrogen and oxygen atoms in total. The van der Waals surface area contributed by atoms with Crippen molar-refractivity contribution in [3.05, 3.63) is 34.4 Å². The molecule has 0 saturated carbocycles. The van der Waals surface area contributed by atoms with E-state index in [0.29, 0.717) is 18.7 Å². The highest BCUT2D eigenvalue weighted by atomic mass is 16.6. The van der Waals surface area contributed by atoms with E-state index in [-0.39, 0.29) is 24.1 Å². The Bertz CT molecular complexity index is 654. The number of hydrogen-bond acceptors (Lipinski definition) is 5. The number of Topliss-reactive ketones (excluding diaryl/α,β-unsaturated/α-hetero) is 1. The molecule has 0 N–H and O–H groups in total. The summed E-state index contributed by atoms with van der Waals surface area (Å²) < 4.78 is 5.67. The van der Waals surface area contributed by atoms with Gasteiger partial charge in [0.05, 0.1) is 11.0 Å². The van der Waals surface area contributed by atoms with E-state index in [1.807, 2.05) is 6.92 Å². The predicted octanol–water partition coefficient (Wildman–Crippen LogP) is 2.97. The topological polar surface area (TPSA) is 89.8 Å². The Balaban J connectivity index is 1.98. The van der Waals surface area contributed by atoms with Crippen molar-refractivity contribution >= 4 is 17.4 Å². The molecule has 0 aromatic heterocycles. The fourth-order valence-corrected chi connectivity index (χ4v) is 2.71. The summed E-state index contributed by atoms with van der Waals surface area (Å²) >= 11 is 0. The summed E-state index contributed by atoms with van der Waals surface area (Å²) in [7, 11) is 0. The molecule has 136 valence electrons. The fraction of sp³-hybridized carbons (Fsp3) is 0.556. The van der Waals surface area contributed by atoms with Crippen molar-refractivity contribution in [2.75, 3.05) is 13.2 Å². The molecule has 1 atom stereocenters. The first-order valence-electron chi connectivity index (χ1n) is 8.49. The number of non-ortho nitro benzene ring substituents is 1. The number of likely N-dealkylation sites (tertiary alicyclic amines) is 1. The lowest BCUT2D eigenvalue weighted by molar-refractivity contribution is -0.384. The summed E-state index contributed by atoms with van der Waals surface area (Å²) in [6.45, 7) is 6.28. The van der Waals surface area contributed by atoms with Gasteiger partial charge in [0, 0.05) is 24.1 Å². The number of amides is 1. The number of ketones is 1. The number of nitro groups is 1. The standard InChI is InChI=1S/C18H24N2O5/c1-4-18(2,3)16(21)17(22)19-11-5-6-14(19)12-25-15-9-7-13(8-10-15)20(23)24/h7-10,14H,4-6,11-12H2,1-3H3. The van der Waals surface area contributed by atoms with Crippen molar-refractivity contribution in [1.82, 2.24) is 4.90 Å². The first-order chi connectivity index (χ1) is 11.8. The molecule has 1 aromatic carbocycles. The van der Waals surface area contributed by atoms with Crippen LogP contribution in [0.1, 0.15) is 40.0 Å². The molecular weight excluding hydrogens is 324 g/mol. The average Bonchev–Trinajstić information content (AvgIpc) is 3.07. The van der Waals surface area contributed by atoms with E-state index >= 15 is 0 Å². The van der Waals surface area contributed by atoms with Gasteiger partial charge in [0.2, 0.25) is 5.78 Å². The number of rotatable bonds is 7. The minimum absolute atomic E-state index is 0.00239. The summed E-state index contributed by atoms with van der Waals surface area (Å²) in [5, 5.41) is 10.7. The molecule has 1 aliphatic heterocycles. The molecule has 1 fully saturated rings. The second-order valence-electron chi connectivity index (χ2n) is 6.92. The van der Waals surface area contributed by atoms with Gasteiger partial charge >= 0.3 is 0 Å². The lowest BCUT2D eigenvalue weighted by atomic mass is 9.84. The predicted molar refractivity (Wildman–Crippen MR) is 92.4 cm³/mol. The summed E-state index contributed by atoms with van der Waals surface area (Å²) in [5.74, 6) is -0.302. The van der Waals surface area contributed by atoms with Gasteiger partial charge in [0.15, 0.2) is 0 Å². The van der Waals surface area contributed by atoms with Crippen molar-refractivity contribution in [2.45, 2.75) is 46.1 Å². The third kappa shape index (κ3) is 4.35. The molecule has 1 heterocycles. The van der Waals surface area contributed by atoms with E-state index in [2.05, 4.69) is 0 Å². The quantitative estimate of drug-likeness (QED) is 0.429. The number of benzene rings is 1. The van der Waals surface area contributed by atoms with Crippen LogP contribution in [0.2, 0.25) is 0 Å². The van der Waals surface area contributed by atoms with Gasteiger partial charge in [0.1, 0.15) is 12.4 Å². The molecule has 0 spiro atoms. The fourth-order valence-electron chi connectivity index (χ4n) is 2.71. The van der Waals surface area contributed by atoms with E-state index in [1.54, 1.807) is 18.7 Å². The van der Waals surface area contributed by atoms with Gasteiger partial charge in [0.25, 0.3) is 11.6 Å². The van der Waals surface area contributed by atoms with Crippen LogP contribution in [0.15, 0.2) is 24.3 Å². The van der Waals surface area contributed by atoms with E-state index in [1.165, 1.54) is 24.3 Å². The maximum atomic E-state index is 12.5. The molecule has 0 aliphatic carbocycles. The lowest BCUT2D eigenvalue weighted by Gasteiger charge is -2.28.